The molecule has 114 valence electrons. The van der Waals surface area contributed by atoms with Crippen molar-refractivity contribution in [3.8, 4) is 0 Å². The number of imidazole rings is 1. The molecule has 1 aromatic heterocycles. The minimum absolute atomic E-state index is 0.119. The molecular formula is C17H24N2O2. The third-order valence-electron chi connectivity index (χ3n) is 4.52. The molecule has 2 atom stereocenters. The molecule has 2 unspecified atom stereocenters. The first kappa shape index (κ1) is 14.5. The SMILES string of the molecule is CC1(C)CC(C(O)Cn2cnc3ccccc32)C(C)(C)O1. The Morgan fingerprint density at radius 1 is 1.33 bits per heavy atom. The molecule has 3 rings (SSSR count). The molecule has 1 saturated heterocycles. The standard InChI is InChI=1S/C17H24N2O2/c1-16(2)9-12(17(3,4)21-16)15(20)10-19-11-18-13-7-5-6-8-14(13)19/h5-8,11-12,15,20H,9-10H2,1-4H3. The molecular weight excluding hydrogens is 264 g/mol. The van der Waals surface area contributed by atoms with Crippen LogP contribution < -0.4 is 0 Å². The maximum atomic E-state index is 10.7. The predicted octanol–water partition coefficient (Wildman–Crippen LogP) is 2.99. The number of aliphatic hydroxyl groups excluding tert-OH is 1. The van der Waals surface area contributed by atoms with Crippen molar-refractivity contribution in [3.63, 3.8) is 0 Å². The number of hydrogen-bond donors (Lipinski definition) is 1. The zero-order valence-electron chi connectivity index (χ0n) is 13.2. The van der Waals surface area contributed by atoms with Crippen LogP contribution in [0, 0.1) is 5.92 Å². The van der Waals surface area contributed by atoms with Gasteiger partial charge in [0.05, 0.1) is 41.2 Å². The van der Waals surface area contributed by atoms with Crippen LogP contribution in [-0.4, -0.2) is 32.0 Å². The van der Waals surface area contributed by atoms with Gasteiger partial charge in [-0.2, -0.15) is 0 Å². The molecule has 0 spiro atoms. The zero-order chi connectivity index (χ0) is 15.3. The van der Waals surface area contributed by atoms with Crippen LogP contribution in [0.2, 0.25) is 0 Å². The fraction of sp³-hybridized carbons (Fsp3) is 0.588. The fourth-order valence-electron chi connectivity index (χ4n) is 3.69. The average Bonchev–Trinajstić information content (AvgIpc) is 2.87. The summed E-state index contributed by atoms with van der Waals surface area (Å²) in [6.07, 6.45) is 2.23. The third kappa shape index (κ3) is 2.70. The summed E-state index contributed by atoms with van der Waals surface area (Å²) >= 11 is 0. The highest BCUT2D eigenvalue weighted by Crippen LogP contribution is 2.43. The van der Waals surface area contributed by atoms with Crippen LogP contribution in [0.4, 0.5) is 0 Å². The minimum atomic E-state index is -0.445. The molecule has 0 bridgehead atoms. The van der Waals surface area contributed by atoms with E-state index < -0.39 is 6.10 Å². The fourth-order valence-corrected chi connectivity index (χ4v) is 3.69. The molecule has 4 heteroatoms. The highest BCUT2D eigenvalue weighted by molar-refractivity contribution is 5.74. The van der Waals surface area contributed by atoms with Gasteiger partial charge in [-0.25, -0.2) is 4.98 Å². The lowest BCUT2D eigenvalue weighted by atomic mass is 9.83. The molecule has 0 aliphatic carbocycles. The van der Waals surface area contributed by atoms with Crippen molar-refractivity contribution in [1.29, 1.82) is 0 Å². The molecule has 1 aliphatic heterocycles. The molecule has 0 saturated carbocycles. The van der Waals surface area contributed by atoms with Gasteiger partial charge in [0.1, 0.15) is 0 Å². The minimum Gasteiger partial charge on any atom is -0.391 e. The van der Waals surface area contributed by atoms with E-state index in [2.05, 4.69) is 32.7 Å². The third-order valence-corrected chi connectivity index (χ3v) is 4.52. The van der Waals surface area contributed by atoms with Crippen molar-refractivity contribution < 1.29 is 9.84 Å². The summed E-state index contributed by atoms with van der Waals surface area (Å²) in [4.78, 5) is 4.38. The van der Waals surface area contributed by atoms with Crippen molar-refractivity contribution in [3.05, 3.63) is 30.6 Å². The van der Waals surface area contributed by atoms with E-state index in [4.69, 9.17) is 4.74 Å². The van der Waals surface area contributed by atoms with Crippen LogP contribution in [-0.2, 0) is 11.3 Å². The summed E-state index contributed by atoms with van der Waals surface area (Å²) in [5.74, 6) is 0.119. The van der Waals surface area contributed by atoms with Crippen molar-refractivity contribution >= 4 is 11.0 Å². The Bertz CT molecular complexity index is 645. The predicted molar refractivity (Wildman–Crippen MR) is 83.1 cm³/mol. The van der Waals surface area contributed by atoms with Gasteiger partial charge in [-0.1, -0.05) is 12.1 Å². The Morgan fingerprint density at radius 2 is 2.05 bits per heavy atom. The van der Waals surface area contributed by atoms with Gasteiger partial charge in [0.2, 0.25) is 0 Å². The average molecular weight is 288 g/mol. The number of para-hydroxylation sites is 2. The highest BCUT2D eigenvalue weighted by atomic mass is 16.5. The molecule has 21 heavy (non-hydrogen) atoms. The van der Waals surface area contributed by atoms with E-state index in [0.29, 0.717) is 6.54 Å². The van der Waals surface area contributed by atoms with Crippen molar-refractivity contribution in [2.24, 2.45) is 5.92 Å². The molecule has 4 nitrogen and oxygen atoms in total. The van der Waals surface area contributed by atoms with E-state index in [0.717, 1.165) is 17.5 Å². The molecule has 0 amide bonds. The van der Waals surface area contributed by atoms with E-state index in [1.807, 2.05) is 35.2 Å². The van der Waals surface area contributed by atoms with Gasteiger partial charge in [0, 0.05) is 5.92 Å². The van der Waals surface area contributed by atoms with Gasteiger partial charge in [0.15, 0.2) is 0 Å². The Hall–Kier alpha value is -1.39. The molecule has 1 aliphatic rings. The molecule has 2 aromatic rings. The summed E-state index contributed by atoms with van der Waals surface area (Å²) in [5.41, 5.74) is 1.55. The Morgan fingerprint density at radius 3 is 2.71 bits per heavy atom. The quantitative estimate of drug-likeness (QED) is 0.944. The normalized spacial score (nSPS) is 25.3. The molecule has 2 heterocycles. The Kier molecular flexibility index (Phi) is 3.34. The summed E-state index contributed by atoms with van der Waals surface area (Å²) < 4.78 is 8.12. The van der Waals surface area contributed by atoms with E-state index in [9.17, 15) is 5.11 Å². The lowest BCUT2D eigenvalue weighted by Crippen LogP contribution is -2.38. The van der Waals surface area contributed by atoms with Gasteiger partial charge in [-0.3, -0.25) is 0 Å². The first-order valence-electron chi connectivity index (χ1n) is 7.57. The zero-order valence-corrected chi connectivity index (χ0v) is 13.2. The van der Waals surface area contributed by atoms with E-state index in [-0.39, 0.29) is 17.1 Å². The first-order valence-corrected chi connectivity index (χ1v) is 7.57. The summed E-state index contributed by atoms with van der Waals surface area (Å²) in [5, 5.41) is 10.7. The number of benzene rings is 1. The van der Waals surface area contributed by atoms with Crippen LogP contribution >= 0.6 is 0 Å². The lowest BCUT2D eigenvalue weighted by molar-refractivity contribution is -0.0887. The topological polar surface area (TPSA) is 47.3 Å². The van der Waals surface area contributed by atoms with Crippen molar-refractivity contribution in [2.75, 3.05) is 0 Å². The van der Waals surface area contributed by atoms with Crippen LogP contribution in [0.15, 0.2) is 30.6 Å². The second kappa shape index (κ2) is 4.82. The van der Waals surface area contributed by atoms with Gasteiger partial charge in [-0.15, -0.1) is 0 Å². The second-order valence-corrected chi connectivity index (χ2v) is 7.23. The van der Waals surface area contributed by atoms with Crippen LogP contribution in [0.25, 0.3) is 11.0 Å². The summed E-state index contributed by atoms with van der Waals surface area (Å²) in [6.45, 7) is 8.87. The van der Waals surface area contributed by atoms with Gasteiger partial charge < -0.3 is 14.4 Å². The number of ether oxygens (including phenoxy) is 1. The van der Waals surface area contributed by atoms with Crippen LogP contribution in [0.3, 0.4) is 0 Å². The van der Waals surface area contributed by atoms with Crippen LogP contribution in [0.1, 0.15) is 34.1 Å². The second-order valence-electron chi connectivity index (χ2n) is 7.23. The van der Waals surface area contributed by atoms with Gasteiger partial charge in [0.25, 0.3) is 0 Å². The van der Waals surface area contributed by atoms with E-state index >= 15 is 0 Å². The molecule has 1 fully saturated rings. The maximum Gasteiger partial charge on any atom is 0.0959 e. The Labute approximate surface area is 125 Å². The number of rotatable bonds is 3. The molecule has 1 N–H and O–H groups in total. The highest BCUT2D eigenvalue weighted by Gasteiger charge is 2.48. The maximum absolute atomic E-state index is 10.7. The van der Waals surface area contributed by atoms with Crippen molar-refractivity contribution in [1.82, 2.24) is 9.55 Å². The summed E-state index contributed by atoms with van der Waals surface area (Å²) in [7, 11) is 0. The Balaban J connectivity index is 1.82. The lowest BCUT2D eigenvalue weighted by Gasteiger charge is -2.30. The summed E-state index contributed by atoms with van der Waals surface area (Å²) in [6, 6.07) is 8.00. The number of aliphatic hydroxyl groups is 1. The van der Waals surface area contributed by atoms with Crippen LogP contribution in [0.5, 0.6) is 0 Å². The van der Waals surface area contributed by atoms with Gasteiger partial charge >= 0.3 is 0 Å². The van der Waals surface area contributed by atoms with E-state index in [1.165, 1.54) is 0 Å². The number of fused-ring (bicyclic) bond motifs is 1. The smallest absolute Gasteiger partial charge is 0.0959 e. The number of nitrogens with zero attached hydrogens (tertiary/aromatic N) is 2. The largest absolute Gasteiger partial charge is 0.391 e. The van der Waals surface area contributed by atoms with E-state index in [1.54, 1.807) is 0 Å². The number of aromatic nitrogens is 2. The number of hydrogen-bond acceptors (Lipinski definition) is 3. The van der Waals surface area contributed by atoms with Gasteiger partial charge in [-0.05, 0) is 46.2 Å². The molecule has 0 radical (unpaired) electrons. The monoisotopic (exact) mass is 288 g/mol. The molecule has 1 aromatic carbocycles. The van der Waals surface area contributed by atoms with Crippen molar-refractivity contribution in [2.45, 2.75) is 58.0 Å². The first-order chi connectivity index (χ1) is 9.78.